The first kappa shape index (κ1) is 18.3. The summed E-state index contributed by atoms with van der Waals surface area (Å²) in [4.78, 5) is 0. The van der Waals surface area contributed by atoms with Crippen LogP contribution >= 0.6 is 0 Å². The molecule has 1 nitrogen and oxygen atoms in total. The maximum Gasteiger partial charge on any atom is 0.103 e. The van der Waals surface area contributed by atoms with Gasteiger partial charge in [-0.2, -0.15) is 0 Å². The van der Waals surface area contributed by atoms with Gasteiger partial charge in [-0.25, -0.2) is 0 Å². The van der Waals surface area contributed by atoms with Crippen LogP contribution in [-0.2, 0) is 6.42 Å². The standard InChI is InChI=1S/C20H36O/c1-2-3-4-5-6-7-8-9-10-11-12-13-14-15-17-20-18-16-19-21-20/h16,18-19H,2-15,17H2,1H3. The molecule has 0 N–H and O–H groups in total. The van der Waals surface area contributed by atoms with E-state index in [1.165, 1.54) is 89.9 Å². The fourth-order valence-electron chi connectivity index (χ4n) is 2.95. The summed E-state index contributed by atoms with van der Waals surface area (Å²) in [6.45, 7) is 2.29. The van der Waals surface area contributed by atoms with Crippen LogP contribution in [0.25, 0.3) is 0 Å². The van der Waals surface area contributed by atoms with Crippen molar-refractivity contribution in [1.82, 2.24) is 0 Å². The van der Waals surface area contributed by atoms with Gasteiger partial charge in [0.15, 0.2) is 0 Å². The molecule has 0 aliphatic heterocycles. The van der Waals surface area contributed by atoms with Crippen molar-refractivity contribution >= 4 is 0 Å². The van der Waals surface area contributed by atoms with Gasteiger partial charge >= 0.3 is 0 Å². The maximum absolute atomic E-state index is 5.35. The zero-order valence-electron chi connectivity index (χ0n) is 14.2. The molecule has 1 heterocycles. The Hall–Kier alpha value is -0.720. The predicted molar refractivity (Wildman–Crippen MR) is 92.7 cm³/mol. The summed E-state index contributed by atoms with van der Waals surface area (Å²) in [5.41, 5.74) is 0. The lowest BCUT2D eigenvalue weighted by Crippen LogP contribution is -1.85. The third-order valence-corrected chi connectivity index (χ3v) is 4.36. The molecular weight excluding hydrogens is 256 g/mol. The van der Waals surface area contributed by atoms with Crippen LogP contribution in [0.2, 0.25) is 0 Å². The second-order valence-electron chi connectivity index (χ2n) is 6.43. The molecule has 0 saturated heterocycles. The minimum absolute atomic E-state index is 1.12. The summed E-state index contributed by atoms with van der Waals surface area (Å²) >= 11 is 0. The van der Waals surface area contributed by atoms with Crippen molar-refractivity contribution in [1.29, 1.82) is 0 Å². The van der Waals surface area contributed by atoms with Gasteiger partial charge in [-0.1, -0.05) is 90.4 Å². The molecule has 0 bridgehead atoms. The van der Waals surface area contributed by atoms with Crippen LogP contribution in [0.4, 0.5) is 0 Å². The Balaban J connectivity index is 1.69. The van der Waals surface area contributed by atoms with Crippen LogP contribution < -0.4 is 0 Å². The maximum atomic E-state index is 5.35. The largest absolute Gasteiger partial charge is 0.469 e. The molecule has 0 radical (unpaired) electrons. The molecule has 0 aliphatic carbocycles. The summed E-state index contributed by atoms with van der Waals surface area (Å²) in [6, 6.07) is 4.07. The summed E-state index contributed by atoms with van der Waals surface area (Å²) < 4.78 is 5.35. The van der Waals surface area contributed by atoms with Crippen molar-refractivity contribution in [3.05, 3.63) is 24.2 Å². The van der Waals surface area contributed by atoms with E-state index in [9.17, 15) is 0 Å². The lowest BCUT2D eigenvalue weighted by Gasteiger charge is -2.03. The van der Waals surface area contributed by atoms with Gasteiger partial charge in [0.2, 0.25) is 0 Å². The van der Waals surface area contributed by atoms with E-state index < -0.39 is 0 Å². The lowest BCUT2D eigenvalue weighted by atomic mass is 10.0. The van der Waals surface area contributed by atoms with Crippen molar-refractivity contribution < 1.29 is 4.42 Å². The van der Waals surface area contributed by atoms with Crippen molar-refractivity contribution in [3.8, 4) is 0 Å². The number of furan rings is 1. The van der Waals surface area contributed by atoms with E-state index in [2.05, 4.69) is 13.0 Å². The Morgan fingerprint density at radius 3 is 1.57 bits per heavy atom. The molecule has 21 heavy (non-hydrogen) atoms. The van der Waals surface area contributed by atoms with Gasteiger partial charge in [-0.15, -0.1) is 0 Å². The molecule has 0 amide bonds. The van der Waals surface area contributed by atoms with Gasteiger partial charge in [0.05, 0.1) is 6.26 Å². The van der Waals surface area contributed by atoms with Crippen molar-refractivity contribution in [3.63, 3.8) is 0 Å². The molecule has 0 aliphatic rings. The smallest absolute Gasteiger partial charge is 0.103 e. The molecule has 0 saturated carbocycles. The highest BCUT2D eigenvalue weighted by molar-refractivity contribution is 4.97. The van der Waals surface area contributed by atoms with Crippen LogP contribution in [0.5, 0.6) is 0 Å². The Bertz CT molecular complexity index is 289. The van der Waals surface area contributed by atoms with Crippen LogP contribution in [-0.4, -0.2) is 0 Å². The van der Waals surface area contributed by atoms with Crippen molar-refractivity contribution in [2.45, 2.75) is 103 Å². The molecule has 1 rings (SSSR count). The predicted octanol–water partition coefficient (Wildman–Crippen LogP) is 7.30. The first-order valence-electron chi connectivity index (χ1n) is 9.46. The number of rotatable bonds is 15. The highest BCUT2D eigenvalue weighted by atomic mass is 16.3. The zero-order valence-corrected chi connectivity index (χ0v) is 14.2. The van der Waals surface area contributed by atoms with Crippen molar-refractivity contribution in [2.75, 3.05) is 0 Å². The van der Waals surface area contributed by atoms with E-state index in [0.717, 1.165) is 12.2 Å². The van der Waals surface area contributed by atoms with Gasteiger partial charge in [0, 0.05) is 6.42 Å². The van der Waals surface area contributed by atoms with E-state index >= 15 is 0 Å². The van der Waals surface area contributed by atoms with Gasteiger partial charge < -0.3 is 4.42 Å². The van der Waals surface area contributed by atoms with E-state index in [1.54, 1.807) is 6.26 Å². The summed E-state index contributed by atoms with van der Waals surface area (Å²) in [5.74, 6) is 1.15. The van der Waals surface area contributed by atoms with Gasteiger partial charge in [-0.3, -0.25) is 0 Å². The highest BCUT2D eigenvalue weighted by Crippen LogP contribution is 2.13. The Morgan fingerprint density at radius 2 is 1.14 bits per heavy atom. The van der Waals surface area contributed by atoms with Crippen molar-refractivity contribution in [2.24, 2.45) is 0 Å². The number of unbranched alkanes of at least 4 members (excludes halogenated alkanes) is 13. The fourth-order valence-corrected chi connectivity index (χ4v) is 2.95. The molecule has 0 fully saturated rings. The van der Waals surface area contributed by atoms with Gasteiger partial charge in [0.25, 0.3) is 0 Å². The topological polar surface area (TPSA) is 13.1 Å². The van der Waals surface area contributed by atoms with Gasteiger partial charge in [0.1, 0.15) is 5.76 Å². The molecule has 0 unspecified atom stereocenters. The van der Waals surface area contributed by atoms with E-state index in [-0.39, 0.29) is 0 Å². The molecule has 0 atom stereocenters. The lowest BCUT2D eigenvalue weighted by molar-refractivity contribution is 0.489. The SMILES string of the molecule is CCCCCCCCCCCCCCCCc1ccco1. The average molecular weight is 293 g/mol. The minimum Gasteiger partial charge on any atom is -0.469 e. The highest BCUT2D eigenvalue weighted by Gasteiger charge is 1.96. The molecule has 1 aromatic rings. The normalized spacial score (nSPS) is 11.1. The second-order valence-corrected chi connectivity index (χ2v) is 6.43. The van der Waals surface area contributed by atoms with Gasteiger partial charge in [-0.05, 0) is 18.6 Å². The molecule has 1 aromatic heterocycles. The van der Waals surface area contributed by atoms with E-state index in [1.807, 2.05) is 6.07 Å². The van der Waals surface area contributed by atoms with E-state index in [0.29, 0.717) is 0 Å². The Kier molecular flexibility index (Phi) is 12.4. The van der Waals surface area contributed by atoms with E-state index in [4.69, 9.17) is 4.42 Å². The third-order valence-electron chi connectivity index (χ3n) is 4.36. The van der Waals surface area contributed by atoms with Crippen LogP contribution in [0.1, 0.15) is 103 Å². The summed E-state index contributed by atoms with van der Waals surface area (Å²) in [5, 5.41) is 0. The zero-order chi connectivity index (χ0) is 15.0. The Morgan fingerprint density at radius 1 is 0.667 bits per heavy atom. The second kappa shape index (κ2) is 14.2. The van der Waals surface area contributed by atoms with Crippen LogP contribution in [0.3, 0.4) is 0 Å². The number of hydrogen-bond acceptors (Lipinski definition) is 1. The number of hydrogen-bond donors (Lipinski definition) is 0. The first-order valence-corrected chi connectivity index (χ1v) is 9.46. The summed E-state index contributed by atoms with van der Waals surface area (Å²) in [6.07, 6.45) is 22.8. The van der Waals surface area contributed by atoms with Crippen LogP contribution in [0.15, 0.2) is 22.8 Å². The molecule has 122 valence electrons. The Labute approximate surface area is 132 Å². The molecular formula is C20H36O. The number of aryl methyl sites for hydroxylation is 1. The van der Waals surface area contributed by atoms with Crippen LogP contribution in [0, 0.1) is 0 Å². The average Bonchev–Trinajstić information content (AvgIpc) is 3.01. The fraction of sp³-hybridized carbons (Fsp3) is 0.800. The monoisotopic (exact) mass is 292 g/mol. The molecule has 0 aromatic carbocycles. The molecule has 0 spiro atoms. The summed E-state index contributed by atoms with van der Waals surface area (Å²) in [7, 11) is 0. The molecule has 1 heteroatoms. The minimum atomic E-state index is 1.12. The first-order chi connectivity index (χ1) is 10.4. The quantitative estimate of drug-likeness (QED) is 0.309. The third kappa shape index (κ3) is 11.6.